The Morgan fingerprint density at radius 1 is 0.887 bits per heavy atom. The van der Waals surface area contributed by atoms with Gasteiger partial charge in [0.25, 0.3) is 8.32 Å². The summed E-state index contributed by atoms with van der Waals surface area (Å²) in [6.45, 7) is 8.44. The Balaban J connectivity index is 1.42. The molecular weight excluding hydrogens is 679 g/mol. The van der Waals surface area contributed by atoms with Crippen LogP contribution in [0.2, 0.25) is 5.04 Å². The van der Waals surface area contributed by atoms with E-state index in [1.54, 1.807) is 42.5 Å². The lowest BCUT2D eigenvalue weighted by atomic mass is 9.68. The van der Waals surface area contributed by atoms with Gasteiger partial charge in [-0.1, -0.05) is 130 Å². The van der Waals surface area contributed by atoms with Gasteiger partial charge in [0.2, 0.25) is 11.8 Å². The van der Waals surface area contributed by atoms with Gasteiger partial charge in [-0.15, -0.1) is 0 Å². The number of allylic oxidation sites excluding steroid dienone is 1. The second kappa shape index (κ2) is 16.2. The SMILES string of the molecule is CC/C(=C\c1cccc(O)c1)CC[C@@H](O)C1=C(CO[Si](c2ccccc2)(c2ccccc2)C(C)(C)C)C[C@H]2C(=O)N(c3ccccc3)C(=O)[C@H]2[C@H]1CO. The number of anilines is 1. The summed E-state index contributed by atoms with van der Waals surface area (Å²) in [7, 11) is -3.02. The van der Waals surface area contributed by atoms with Crippen molar-refractivity contribution >= 4 is 42.3 Å². The molecule has 1 heterocycles. The second-order valence-electron chi connectivity index (χ2n) is 15.3. The van der Waals surface area contributed by atoms with Gasteiger partial charge < -0.3 is 19.7 Å². The van der Waals surface area contributed by atoms with E-state index in [-0.39, 0.29) is 35.6 Å². The van der Waals surface area contributed by atoms with Crippen molar-refractivity contribution in [1.82, 2.24) is 0 Å². The first kappa shape index (κ1) is 38.1. The van der Waals surface area contributed by atoms with Crippen molar-refractivity contribution < 1.29 is 29.3 Å². The molecule has 276 valence electrons. The zero-order valence-electron chi connectivity index (χ0n) is 31.1. The average Bonchev–Trinajstić information content (AvgIpc) is 3.41. The van der Waals surface area contributed by atoms with Crippen molar-refractivity contribution in [2.75, 3.05) is 18.1 Å². The second-order valence-corrected chi connectivity index (χ2v) is 19.6. The smallest absolute Gasteiger partial charge is 0.261 e. The fourth-order valence-electron chi connectivity index (χ4n) is 8.56. The minimum absolute atomic E-state index is 0.145. The van der Waals surface area contributed by atoms with Crippen LogP contribution < -0.4 is 15.3 Å². The molecule has 2 amide bonds. The van der Waals surface area contributed by atoms with Gasteiger partial charge >= 0.3 is 0 Å². The third kappa shape index (κ3) is 7.60. The summed E-state index contributed by atoms with van der Waals surface area (Å²) >= 11 is 0. The van der Waals surface area contributed by atoms with Gasteiger partial charge in [0.15, 0.2) is 0 Å². The Kier molecular flexibility index (Phi) is 11.6. The predicted octanol–water partition coefficient (Wildman–Crippen LogP) is 7.02. The number of imide groups is 1. The largest absolute Gasteiger partial charge is 0.508 e. The highest BCUT2D eigenvalue weighted by molar-refractivity contribution is 6.99. The molecule has 0 aromatic heterocycles. The number of aliphatic hydroxyl groups excluding tert-OH is 2. The summed E-state index contributed by atoms with van der Waals surface area (Å²) in [6, 6.07) is 36.7. The number of carbonyl (C=O) groups is 2. The number of nitrogens with zero attached hydrogens (tertiary/aromatic N) is 1. The number of hydrogen-bond acceptors (Lipinski definition) is 6. The standard InChI is InChI=1S/C45H51NO6Si/c1-5-31(26-32-16-15-19-35(48)27-32)24-25-40(49)41-33(28-38-42(39(41)29-47)44(51)46(43(38)50)34-17-9-6-10-18-34)30-52-53(45(2,3)4,36-20-11-7-12-21-36)37-22-13-8-14-23-37/h6-23,26-27,38-40,42,47-49H,5,24-25,28-30H2,1-4H3/b31-26+/t38-,39+,40-,42-/m1/s1. The van der Waals surface area contributed by atoms with Crippen LogP contribution in [-0.2, 0) is 14.0 Å². The molecule has 1 aliphatic heterocycles. The molecule has 0 spiro atoms. The molecule has 4 aromatic carbocycles. The molecule has 2 aliphatic rings. The van der Waals surface area contributed by atoms with Crippen molar-refractivity contribution in [1.29, 1.82) is 0 Å². The Hall–Kier alpha value is -4.60. The quantitative estimate of drug-likeness (QED) is 0.0777. The van der Waals surface area contributed by atoms with E-state index < -0.39 is 38.8 Å². The first-order valence-corrected chi connectivity index (χ1v) is 20.6. The van der Waals surface area contributed by atoms with Crippen LogP contribution >= 0.6 is 0 Å². The van der Waals surface area contributed by atoms with Crippen LogP contribution in [0.5, 0.6) is 5.75 Å². The van der Waals surface area contributed by atoms with E-state index in [0.29, 0.717) is 24.1 Å². The molecule has 1 saturated heterocycles. The van der Waals surface area contributed by atoms with Crippen molar-refractivity contribution in [2.45, 2.75) is 64.5 Å². The summed E-state index contributed by atoms with van der Waals surface area (Å²) in [5, 5.41) is 35.2. The van der Waals surface area contributed by atoms with Crippen LogP contribution in [0.25, 0.3) is 6.08 Å². The molecule has 6 rings (SSSR count). The molecule has 4 aromatic rings. The molecule has 7 nitrogen and oxygen atoms in total. The average molecular weight is 730 g/mol. The number of carbonyl (C=O) groups excluding carboxylic acids is 2. The third-order valence-corrected chi connectivity index (χ3v) is 16.1. The first-order valence-electron chi connectivity index (χ1n) is 18.7. The lowest BCUT2D eigenvalue weighted by Crippen LogP contribution is -2.66. The van der Waals surface area contributed by atoms with Crippen LogP contribution in [0.3, 0.4) is 0 Å². The highest BCUT2D eigenvalue weighted by Gasteiger charge is 2.56. The fourth-order valence-corrected chi connectivity index (χ4v) is 13.1. The van der Waals surface area contributed by atoms with E-state index in [1.807, 2.05) is 54.6 Å². The van der Waals surface area contributed by atoms with Crippen molar-refractivity contribution in [3.8, 4) is 5.75 Å². The number of aromatic hydroxyl groups is 1. The normalized spacial score (nSPS) is 20.2. The van der Waals surface area contributed by atoms with Crippen molar-refractivity contribution in [2.24, 2.45) is 17.8 Å². The summed E-state index contributed by atoms with van der Waals surface area (Å²) in [5.41, 5.74) is 3.86. The topological polar surface area (TPSA) is 107 Å². The number of hydrogen-bond donors (Lipinski definition) is 3. The van der Waals surface area contributed by atoms with Crippen LogP contribution in [0.4, 0.5) is 5.69 Å². The number of phenolic OH excluding ortho intramolecular Hbond substituents is 1. The lowest BCUT2D eigenvalue weighted by Gasteiger charge is -2.44. The van der Waals surface area contributed by atoms with E-state index in [4.69, 9.17) is 4.43 Å². The van der Waals surface area contributed by atoms with Gasteiger partial charge in [0.1, 0.15) is 5.75 Å². The van der Waals surface area contributed by atoms with E-state index >= 15 is 0 Å². The van der Waals surface area contributed by atoms with Crippen LogP contribution in [0, 0.1) is 17.8 Å². The lowest BCUT2D eigenvalue weighted by molar-refractivity contribution is -0.123. The van der Waals surface area contributed by atoms with E-state index in [0.717, 1.165) is 33.5 Å². The first-order chi connectivity index (χ1) is 25.5. The highest BCUT2D eigenvalue weighted by Crippen LogP contribution is 2.48. The summed E-state index contributed by atoms with van der Waals surface area (Å²) in [4.78, 5) is 29.6. The molecule has 3 N–H and O–H groups in total. The Morgan fingerprint density at radius 2 is 1.49 bits per heavy atom. The molecule has 4 atom stereocenters. The zero-order valence-corrected chi connectivity index (χ0v) is 32.1. The van der Waals surface area contributed by atoms with E-state index in [2.05, 4.69) is 52.0 Å². The minimum Gasteiger partial charge on any atom is -0.508 e. The minimum atomic E-state index is -3.02. The van der Waals surface area contributed by atoms with Crippen LogP contribution in [0.1, 0.15) is 58.9 Å². The van der Waals surface area contributed by atoms with Crippen molar-refractivity contribution in [3.05, 3.63) is 138 Å². The number of phenols is 1. The maximum absolute atomic E-state index is 14.2. The summed E-state index contributed by atoms with van der Waals surface area (Å²) in [6.07, 6.45) is 2.96. The summed E-state index contributed by atoms with van der Waals surface area (Å²) in [5.74, 6) is -2.70. The van der Waals surface area contributed by atoms with Gasteiger partial charge in [-0.25, -0.2) is 0 Å². The van der Waals surface area contributed by atoms with Gasteiger partial charge in [0.05, 0.1) is 36.8 Å². The molecule has 53 heavy (non-hydrogen) atoms. The van der Waals surface area contributed by atoms with Crippen LogP contribution in [0.15, 0.2) is 132 Å². The fraction of sp³-hybridized carbons (Fsp3) is 0.333. The molecule has 0 saturated carbocycles. The maximum atomic E-state index is 14.2. The third-order valence-electron chi connectivity index (χ3n) is 11.1. The number of benzene rings is 4. The molecular formula is C45H51NO6Si. The molecule has 0 radical (unpaired) electrons. The number of aliphatic hydroxyl groups is 2. The maximum Gasteiger partial charge on any atom is 0.261 e. The van der Waals surface area contributed by atoms with Gasteiger partial charge in [0, 0.05) is 5.92 Å². The number of amides is 2. The van der Waals surface area contributed by atoms with E-state index in [9.17, 15) is 24.9 Å². The molecule has 0 unspecified atom stereocenters. The van der Waals surface area contributed by atoms with Gasteiger partial charge in [-0.3, -0.25) is 14.5 Å². The Labute approximate surface area is 314 Å². The highest BCUT2D eigenvalue weighted by atomic mass is 28.4. The number of para-hydroxylation sites is 1. The van der Waals surface area contributed by atoms with Gasteiger partial charge in [-0.05, 0) is 82.1 Å². The molecule has 1 aliphatic carbocycles. The van der Waals surface area contributed by atoms with Gasteiger partial charge in [-0.2, -0.15) is 0 Å². The zero-order chi connectivity index (χ0) is 37.8. The molecule has 1 fully saturated rings. The van der Waals surface area contributed by atoms with E-state index in [1.165, 1.54) is 4.90 Å². The predicted molar refractivity (Wildman–Crippen MR) is 213 cm³/mol. The molecule has 0 bridgehead atoms. The van der Waals surface area contributed by atoms with Crippen LogP contribution in [-0.4, -0.2) is 54.8 Å². The monoisotopic (exact) mass is 729 g/mol. The number of rotatable bonds is 13. The van der Waals surface area contributed by atoms with Crippen molar-refractivity contribution in [3.63, 3.8) is 0 Å². The molecule has 8 heteroatoms. The number of fused-ring (bicyclic) bond motifs is 1. The Bertz CT molecular complexity index is 1910. The Morgan fingerprint density at radius 3 is 2.04 bits per heavy atom. The summed E-state index contributed by atoms with van der Waals surface area (Å²) < 4.78 is 7.38.